The highest BCUT2D eigenvalue weighted by molar-refractivity contribution is 7.92. The van der Waals surface area contributed by atoms with Crippen molar-refractivity contribution in [3.05, 3.63) is 16.2 Å². The van der Waals surface area contributed by atoms with E-state index >= 15 is 0 Å². The predicted molar refractivity (Wildman–Crippen MR) is 87.6 cm³/mol. The summed E-state index contributed by atoms with van der Waals surface area (Å²) in [5, 5.41) is 11.6. The first-order valence-corrected chi connectivity index (χ1v) is 9.85. The van der Waals surface area contributed by atoms with Crippen LogP contribution in [0.2, 0.25) is 0 Å². The molecule has 1 fully saturated rings. The maximum Gasteiger partial charge on any atom is 0.305 e. The SMILES string of the molecule is CC(C)CN1CCN(c2sc(S(C)(=O)=O)cc2[N+](=O)[O-])CC1. The van der Waals surface area contributed by atoms with Crippen LogP contribution in [0.4, 0.5) is 10.7 Å². The number of nitro groups is 1. The first-order valence-electron chi connectivity index (χ1n) is 7.14. The Morgan fingerprint density at radius 1 is 1.32 bits per heavy atom. The molecule has 0 spiro atoms. The van der Waals surface area contributed by atoms with Crippen molar-refractivity contribution in [3.8, 4) is 0 Å². The van der Waals surface area contributed by atoms with E-state index in [1.807, 2.05) is 4.90 Å². The molecular formula is C13H21N3O4S2. The van der Waals surface area contributed by atoms with E-state index in [2.05, 4.69) is 18.7 Å². The van der Waals surface area contributed by atoms with Crippen LogP contribution in [0, 0.1) is 16.0 Å². The van der Waals surface area contributed by atoms with Gasteiger partial charge in [0.25, 0.3) is 0 Å². The van der Waals surface area contributed by atoms with E-state index in [1.54, 1.807) is 0 Å². The normalized spacial score (nSPS) is 17.2. The Bertz CT molecular complexity index is 646. The molecule has 124 valence electrons. The lowest BCUT2D eigenvalue weighted by atomic mass is 10.2. The fourth-order valence-corrected chi connectivity index (χ4v) is 4.62. The highest BCUT2D eigenvalue weighted by atomic mass is 32.2. The van der Waals surface area contributed by atoms with Crippen LogP contribution in [0.3, 0.4) is 0 Å². The van der Waals surface area contributed by atoms with Gasteiger partial charge in [-0.2, -0.15) is 0 Å². The summed E-state index contributed by atoms with van der Waals surface area (Å²) in [6.07, 6.45) is 1.08. The molecule has 0 N–H and O–H groups in total. The molecule has 0 saturated carbocycles. The van der Waals surface area contributed by atoms with E-state index in [-0.39, 0.29) is 9.90 Å². The zero-order chi connectivity index (χ0) is 16.5. The Kier molecular flexibility index (Phi) is 5.08. The molecule has 7 nitrogen and oxygen atoms in total. The number of piperazine rings is 1. The molecule has 22 heavy (non-hydrogen) atoms. The first kappa shape index (κ1) is 17.2. The van der Waals surface area contributed by atoms with Gasteiger partial charge in [0.2, 0.25) is 0 Å². The minimum absolute atomic E-state index is 0.0545. The lowest BCUT2D eigenvalue weighted by Crippen LogP contribution is -2.47. The van der Waals surface area contributed by atoms with Crippen LogP contribution >= 0.6 is 11.3 Å². The molecule has 0 amide bonds. The minimum atomic E-state index is -3.43. The van der Waals surface area contributed by atoms with E-state index in [1.165, 1.54) is 6.07 Å². The molecule has 9 heteroatoms. The van der Waals surface area contributed by atoms with Gasteiger partial charge in [-0.25, -0.2) is 8.42 Å². The maximum atomic E-state index is 11.6. The molecular weight excluding hydrogens is 326 g/mol. The van der Waals surface area contributed by atoms with Crippen molar-refractivity contribution >= 4 is 31.9 Å². The molecule has 1 aromatic heterocycles. The second kappa shape index (κ2) is 6.51. The van der Waals surface area contributed by atoms with Gasteiger partial charge in [-0.05, 0) is 5.92 Å². The summed E-state index contributed by atoms with van der Waals surface area (Å²) < 4.78 is 23.3. The van der Waals surface area contributed by atoms with E-state index in [0.717, 1.165) is 37.2 Å². The third kappa shape index (κ3) is 3.96. The van der Waals surface area contributed by atoms with Crippen LogP contribution in [0.5, 0.6) is 0 Å². The van der Waals surface area contributed by atoms with Gasteiger partial charge < -0.3 is 4.90 Å². The van der Waals surface area contributed by atoms with Crippen LogP contribution in [-0.2, 0) is 9.84 Å². The molecule has 1 aromatic rings. The van der Waals surface area contributed by atoms with Crippen molar-refractivity contribution in [2.45, 2.75) is 18.1 Å². The number of hydrogen-bond acceptors (Lipinski definition) is 7. The predicted octanol–water partition coefficient (Wildman–Crippen LogP) is 1.84. The number of hydrogen-bond donors (Lipinski definition) is 0. The summed E-state index contributed by atoms with van der Waals surface area (Å²) in [6, 6.07) is 1.18. The fraction of sp³-hybridized carbons (Fsp3) is 0.692. The summed E-state index contributed by atoms with van der Waals surface area (Å²) in [5.74, 6) is 0.583. The number of sulfone groups is 1. The van der Waals surface area contributed by atoms with Crippen molar-refractivity contribution in [3.63, 3.8) is 0 Å². The lowest BCUT2D eigenvalue weighted by Gasteiger charge is -2.35. The molecule has 1 aliphatic rings. The molecule has 0 atom stereocenters. The van der Waals surface area contributed by atoms with E-state index in [4.69, 9.17) is 0 Å². The number of anilines is 1. The van der Waals surface area contributed by atoms with Gasteiger partial charge in [0.05, 0.1) is 4.92 Å². The summed E-state index contributed by atoms with van der Waals surface area (Å²) >= 11 is 0.994. The fourth-order valence-electron chi connectivity index (χ4n) is 2.54. The van der Waals surface area contributed by atoms with E-state index in [0.29, 0.717) is 24.0 Å². The Morgan fingerprint density at radius 2 is 1.91 bits per heavy atom. The number of nitrogens with zero attached hydrogens (tertiary/aromatic N) is 3. The van der Waals surface area contributed by atoms with E-state index < -0.39 is 14.8 Å². The Morgan fingerprint density at radius 3 is 2.36 bits per heavy atom. The third-order valence-electron chi connectivity index (χ3n) is 3.52. The molecule has 0 aliphatic carbocycles. The molecule has 2 heterocycles. The topological polar surface area (TPSA) is 83.8 Å². The summed E-state index contributed by atoms with van der Waals surface area (Å²) in [5.41, 5.74) is -0.109. The molecule has 0 bridgehead atoms. The monoisotopic (exact) mass is 347 g/mol. The van der Waals surface area contributed by atoms with Gasteiger partial charge in [-0.3, -0.25) is 15.0 Å². The maximum absolute atomic E-state index is 11.6. The van der Waals surface area contributed by atoms with Gasteiger partial charge >= 0.3 is 5.69 Å². The molecule has 2 rings (SSSR count). The quantitative estimate of drug-likeness (QED) is 0.597. The largest absolute Gasteiger partial charge is 0.355 e. The van der Waals surface area contributed by atoms with Crippen LogP contribution in [-0.4, -0.2) is 57.2 Å². The second-order valence-electron chi connectivity index (χ2n) is 5.97. The Balaban J connectivity index is 2.19. The average molecular weight is 347 g/mol. The van der Waals surface area contributed by atoms with Crippen LogP contribution in [0.25, 0.3) is 0 Å². The smallest absolute Gasteiger partial charge is 0.305 e. The number of thiophene rings is 1. The van der Waals surface area contributed by atoms with Crippen molar-refractivity contribution in [1.82, 2.24) is 4.90 Å². The van der Waals surface area contributed by atoms with Crippen LogP contribution in [0.15, 0.2) is 10.3 Å². The molecule has 1 saturated heterocycles. The van der Waals surface area contributed by atoms with Crippen molar-refractivity contribution < 1.29 is 13.3 Å². The summed E-state index contributed by atoms with van der Waals surface area (Å²) in [4.78, 5) is 15.0. The molecule has 0 aromatic carbocycles. The number of rotatable bonds is 5. The van der Waals surface area contributed by atoms with Gasteiger partial charge in [-0.1, -0.05) is 25.2 Å². The average Bonchev–Trinajstić information content (AvgIpc) is 2.84. The first-order chi connectivity index (χ1) is 10.2. The highest BCUT2D eigenvalue weighted by Crippen LogP contribution is 2.40. The van der Waals surface area contributed by atoms with Gasteiger partial charge in [0.1, 0.15) is 4.21 Å². The van der Waals surface area contributed by atoms with Crippen LogP contribution in [0.1, 0.15) is 13.8 Å². The zero-order valence-electron chi connectivity index (χ0n) is 13.0. The van der Waals surface area contributed by atoms with Crippen LogP contribution < -0.4 is 4.90 Å². The molecule has 0 unspecified atom stereocenters. The lowest BCUT2D eigenvalue weighted by molar-refractivity contribution is -0.383. The van der Waals surface area contributed by atoms with Gasteiger partial charge in [0, 0.05) is 45.0 Å². The standard InChI is InChI=1S/C13H21N3O4S2/c1-10(2)9-14-4-6-15(7-5-14)13-11(16(17)18)8-12(21-13)22(3,19)20/h8,10H,4-7,9H2,1-3H3. The summed E-state index contributed by atoms with van der Waals surface area (Å²) in [6.45, 7) is 8.36. The Hall–Kier alpha value is -1.19. The molecule has 1 aliphatic heterocycles. The third-order valence-corrected chi connectivity index (χ3v) is 6.50. The van der Waals surface area contributed by atoms with Crippen molar-refractivity contribution in [1.29, 1.82) is 0 Å². The van der Waals surface area contributed by atoms with E-state index in [9.17, 15) is 18.5 Å². The zero-order valence-corrected chi connectivity index (χ0v) is 14.6. The van der Waals surface area contributed by atoms with Gasteiger partial charge in [-0.15, -0.1) is 0 Å². The minimum Gasteiger partial charge on any atom is -0.355 e. The van der Waals surface area contributed by atoms with Gasteiger partial charge in [0.15, 0.2) is 14.8 Å². The molecule has 0 radical (unpaired) electrons. The van der Waals surface area contributed by atoms with Crippen molar-refractivity contribution in [2.75, 3.05) is 43.9 Å². The highest BCUT2D eigenvalue weighted by Gasteiger charge is 2.29. The second-order valence-corrected chi connectivity index (χ2v) is 9.24. The van der Waals surface area contributed by atoms with Crippen molar-refractivity contribution in [2.24, 2.45) is 5.92 Å². The Labute approximate surface area is 134 Å². The summed E-state index contributed by atoms with van der Waals surface area (Å²) in [7, 11) is -3.43.